The zero-order valence-corrected chi connectivity index (χ0v) is 9.83. The second-order valence-electron chi connectivity index (χ2n) is 4.71. The predicted molar refractivity (Wildman–Crippen MR) is 65.3 cm³/mol. The quantitative estimate of drug-likeness (QED) is 0.828. The SMILES string of the molecule is Cc1ccc(CC(=O)NC2CCCC2)cc1. The summed E-state index contributed by atoms with van der Waals surface area (Å²) in [6, 6.07) is 8.60. The molecule has 0 bridgehead atoms. The fraction of sp³-hybridized carbons (Fsp3) is 0.500. The number of carbonyl (C=O) groups excluding carboxylic acids is 1. The molecule has 1 aromatic carbocycles. The number of aryl methyl sites for hydroxylation is 1. The van der Waals surface area contributed by atoms with Crippen LogP contribution in [0.3, 0.4) is 0 Å². The van der Waals surface area contributed by atoms with Crippen LogP contribution in [0.25, 0.3) is 0 Å². The molecule has 0 aliphatic heterocycles. The van der Waals surface area contributed by atoms with E-state index in [1.165, 1.54) is 18.4 Å². The van der Waals surface area contributed by atoms with E-state index in [2.05, 4.69) is 24.4 Å². The Kier molecular flexibility index (Phi) is 3.60. The molecule has 1 N–H and O–H groups in total. The van der Waals surface area contributed by atoms with Gasteiger partial charge in [-0.15, -0.1) is 0 Å². The second kappa shape index (κ2) is 5.15. The molecule has 0 atom stereocenters. The minimum absolute atomic E-state index is 0.163. The van der Waals surface area contributed by atoms with Crippen molar-refractivity contribution >= 4 is 5.91 Å². The highest BCUT2D eigenvalue weighted by Crippen LogP contribution is 2.17. The van der Waals surface area contributed by atoms with E-state index in [-0.39, 0.29) is 5.91 Å². The zero-order valence-electron chi connectivity index (χ0n) is 9.83. The molecule has 0 heterocycles. The lowest BCUT2D eigenvalue weighted by Gasteiger charge is -2.11. The van der Waals surface area contributed by atoms with Gasteiger partial charge in [-0.25, -0.2) is 0 Å². The van der Waals surface area contributed by atoms with Crippen molar-refractivity contribution in [3.05, 3.63) is 35.4 Å². The number of hydrogen-bond acceptors (Lipinski definition) is 1. The summed E-state index contributed by atoms with van der Waals surface area (Å²) in [6.45, 7) is 2.06. The first-order valence-corrected chi connectivity index (χ1v) is 6.09. The van der Waals surface area contributed by atoms with Crippen molar-refractivity contribution in [1.29, 1.82) is 0 Å². The maximum atomic E-state index is 11.7. The van der Waals surface area contributed by atoms with Crippen LogP contribution in [0.1, 0.15) is 36.8 Å². The minimum Gasteiger partial charge on any atom is -0.353 e. The molecule has 2 heteroatoms. The molecule has 2 nitrogen and oxygen atoms in total. The Labute approximate surface area is 97.1 Å². The van der Waals surface area contributed by atoms with Gasteiger partial charge in [0.2, 0.25) is 5.91 Å². The van der Waals surface area contributed by atoms with Gasteiger partial charge in [0.25, 0.3) is 0 Å². The topological polar surface area (TPSA) is 29.1 Å². The average molecular weight is 217 g/mol. The van der Waals surface area contributed by atoms with Gasteiger partial charge in [-0.05, 0) is 25.3 Å². The van der Waals surface area contributed by atoms with Crippen molar-refractivity contribution in [2.75, 3.05) is 0 Å². The molecule has 0 radical (unpaired) electrons. The van der Waals surface area contributed by atoms with Crippen LogP contribution < -0.4 is 5.32 Å². The third-order valence-corrected chi connectivity index (χ3v) is 3.21. The number of nitrogens with one attached hydrogen (secondary N) is 1. The molecule has 1 aliphatic rings. The largest absolute Gasteiger partial charge is 0.353 e. The van der Waals surface area contributed by atoms with Crippen molar-refractivity contribution in [3.8, 4) is 0 Å². The summed E-state index contributed by atoms with van der Waals surface area (Å²) >= 11 is 0. The summed E-state index contributed by atoms with van der Waals surface area (Å²) < 4.78 is 0. The molecular formula is C14H19NO. The molecule has 86 valence electrons. The highest BCUT2D eigenvalue weighted by Gasteiger charge is 2.16. The van der Waals surface area contributed by atoms with Crippen molar-refractivity contribution in [2.24, 2.45) is 0 Å². The van der Waals surface area contributed by atoms with Crippen molar-refractivity contribution in [1.82, 2.24) is 5.32 Å². The summed E-state index contributed by atoms with van der Waals surface area (Å²) in [5, 5.41) is 3.10. The zero-order chi connectivity index (χ0) is 11.4. The molecule has 1 amide bonds. The Balaban J connectivity index is 1.84. The third kappa shape index (κ3) is 3.09. The average Bonchev–Trinajstić information content (AvgIpc) is 2.74. The van der Waals surface area contributed by atoms with E-state index in [4.69, 9.17) is 0 Å². The van der Waals surface area contributed by atoms with Crippen LogP contribution in [0.15, 0.2) is 24.3 Å². The standard InChI is InChI=1S/C14H19NO/c1-11-6-8-12(9-7-11)10-14(16)15-13-4-2-3-5-13/h6-9,13H,2-5,10H2,1H3,(H,15,16). The van der Waals surface area contributed by atoms with Crippen molar-refractivity contribution in [3.63, 3.8) is 0 Å². The molecule has 0 unspecified atom stereocenters. The normalized spacial score (nSPS) is 16.3. The van der Waals surface area contributed by atoms with Crippen LogP contribution in [0.4, 0.5) is 0 Å². The predicted octanol–water partition coefficient (Wildman–Crippen LogP) is 2.60. The van der Waals surface area contributed by atoms with Gasteiger partial charge in [0.1, 0.15) is 0 Å². The monoisotopic (exact) mass is 217 g/mol. The Hall–Kier alpha value is -1.31. The highest BCUT2D eigenvalue weighted by atomic mass is 16.1. The summed E-state index contributed by atoms with van der Waals surface area (Å²) in [5.41, 5.74) is 2.33. The van der Waals surface area contributed by atoms with E-state index in [1.54, 1.807) is 0 Å². The first-order valence-electron chi connectivity index (χ1n) is 6.09. The van der Waals surface area contributed by atoms with E-state index in [1.807, 2.05) is 12.1 Å². The first-order chi connectivity index (χ1) is 7.74. The number of carbonyl (C=O) groups is 1. The van der Waals surface area contributed by atoms with E-state index in [0.717, 1.165) is 18.4 Å². The van der Waals surface area contributed by atoms with Gasteiger partial charge in [0, 0.05) is 6.04 Å². The number of amides is 1. The molecule has 1 saturated carbocycles. The van der Waals surface area contributed by atoms with Crippen LogP contribution >= 0.6 is 0 Å². The fourth-order valence-electron chi connectivity index (χ4n) is 2.24. The molecule has 0 spiro atoms. The van der Waals surface area contributed by atoms with E-state index < -0.39 is 0 Å². The smallest absolute Gasteiger partial charge is 0.224 e. The molecule has 16 heavy (non-hydrogen) atoms. The van der Waals surface area contributed by atoms with Crippen LogP contribution in [0.5, 0.6) is 0 Å². The van der Waals surface area contributed by atoms with Crippen LogP contribution in [-0.2, 0) is 11.2 Å². The van der Waals surface area contributed by atoms with E-state index >= 15 is 0 Å². The fourth-order valence-corrected chi connectivity index (χ4v) is 2.24. The van der Waals surface area contributed by atoms with Crippen LogP contribution in [-0.4, -0.2) is 11.9 Å². The molecule has 2 rings (SSSR count). The van der Waals surface area contributed by atoms with Gasteiger partial charge in [0.15, 0.2) is 0 Å². The van der Waals surface area contributed by atoms with Crippen LogP contribution in [0, 0.1) is 6.92 Å². The van der Waals surface area contributed by atoms with E-state index in [0.29, 0.717) is 12.5 Å². The molecule has 1 aromatic rings. The molecule has 0 saturated heterocycles. The summed E-state index contributed by atoms with van der Waals surface area (Å²) in [7, 11) is 0. The third-order valence-electron chi connectivity index (χ3n) is 3.21. The van der Waals surface area contributed by atoms with Gasteiger partial charge < -0.3 is 5.32 Å². The molecule has 1 aliphatic carbocycles. The van der Waals surface area contributed by atoms with Gasteiger partial charge in [-0.3, -0.25) is 4.79 Å². The molecule has 1 fully saturated rings. The van der Waals surface area contributed by atoms with Gasteiger partial charge in [-0.1, -0.05) is 42.7 Å². The summed E-state index contributed by atoms with van der Waals surface area (Å²) in [5.74, 6) is 0.163. The highest BCUT2D eigenvalue weighted by molar-refractivity contribution is 5.78. The van der Waals surface area contributed by atoms with Crippen molar-refractivity contribution in [2.45, 2.75) is 45.1 Å². The minimum atomic E-state index is 0.163. The lowest BCUT2D eigenvalue weighted by atomic mass is 10.1. The van der Waals surface area contributed by atoms with Crippen molar-refractivity contribution < 1.29 is 4.79 Å². The number of hydrogen-bond donors (Lipinski definition) is 1. The Morgan fingerprint density at radius 2 is 1.88 bits per heavy atom. The maximum Gasteiger partial charge on any atom is 0.224 e. The summed E-state index contributed by atoms with van der Waals surface area (Å²) in [6.07, 6.45) is 5.33. The van der Waals surface area contributed by atoms with E-state index in [9.17, 15) is 4.79 Å². The summed E-state index contributed by atoms with van der Waals surface area (Å²) in [4.78, 5) is 11.7. The number of benzene rings is 1. The lowest BCUT2D eigenvalue weighted by Crippen LogP contribution is -2.33. The lowest BCUT2D eigenvalue weighted by molar-refractivity contribution is -0.121. The van der Waals surface area contributed by atoms with Gasteiger partial charge in [-0.2, -0.15) is 0 Å². The molecule has 0 aromatic heterocycles. The maximum absolute atomic E-state index is 11.7. The van der Waals surface area contributed by atoms with Gasteiger partial charge >= 0.3 is 0 Å². The number of rotatable bonds is 3. The van der Waals surface area contributed by atoms with Crippen LogP contribution in [0.2, 0.25) is 0 Å². The Morgan fingerprint density at radius 1 is 1.25 bits per heavy atom. The molecular weight excluding hydrogens is 198 g/mol. The van der Waals surface area contributed by atoms with Gasteiger partial charge in [0.05, 0.1) is 6.42 Å². The Bertz CT molecular complexity index is 350. The Morgan fingerprint density at radius 3 is 2.50 bits per heavy atom. The second-order valence-corrected chi connectivity index (χ2v) is 4.71. The first kappa shape index (κ1) is 11.2.